The Morgan fingerprint density at radius 1 is 0.758 bits per heavy atom. The molecule has 2 saturated carbocycles. The zero-order chi connectivity index (χ0) is 66.2. The Hall–Kier alpha value is -7.12. The van der Waals surface area contributed by atoms with Crippen LogP contribution < -0.4 is 5.32 Å². The number of ketones is 1. The maximum atomic E-state index is 15.9. The van der Waals surface area contributed by atoms with Crippen molar-refractivity contribution in [3.05, 3.63) is 119 Å². The molecule has 21 atom stereocenters. The van der Waals surface area contributed by atoms with Gasteiger partial charge in [0.25, 0.3) is 5.91 Å². The Morgan fingerprint density at radius 3 is 1.96 bits per heavy atom. The SMILES string of the molecule is COC1OC(C(=O)OCC(=O)O[C@H](C(=O)O[C@@H]2C[C@]3(O)[C@H](OC(=O)c4ccccc4)[C@H]4[C@@]5(OC(C)=O)CO[C@H]5C[C@@H](O)[C@]4(C)C(=O)[C@@H](OC(C)=O)C(=C2C)C3(C)C)[C@H](NC(=O)c2ccccc2)c2ccccc2)[C@@H](O[C@@H]2OC(CO)C(O)[C@H](OC)C2C)C(O)C1O. The summed E-state index contributed by atoms with van der Waals surface area (Å²) < 4.78 is 70.5. The molecule has 0 spiro atoms. The Bertz CT molecular complexity index is 3220. The van der Waals surface area contributed by atoms with Crippen LogP contribution in [0.25, 0.3) is 0 Å². The number of nitrogens with one attached hydrogen (secondary N) is 1. The quantitative estimate of drug-likeness (QED) is 0.0501. The van der Waals surface area contributed by atoms with Crippen LogP contribution in [-0.4, -0.2) is 215 Å². The fourth-order valence-corrected chi connectivity index (χ4v) is 13.9. The van der Waals surface area contributed by atoms with Gasteiger partial charge in [-0.05, 0) is 54.8 Å². The van der Waals surface area contributed by atoms with Gasteiger partial charge in [0.2, 0.25) is 6.10 Å². The van der Waals surface area contributed by atoms with Crippen LogP contribution in [-0.2, 0) is 85.6 Å². The Balaban J connectivity index is 1.12. The number of hydrogen-bond donors (Lipinski definition) is 7. The molecule has 3 aliphatic carbocycles. The van der Waals surface area contributed by atoms with Gasteiger partial charge in [0.15, 0.2) is 42.8 Å². The first kappa shape index (κ1) is 68.3. The molecule has 494 valence electrons. The van der Waals surface area contributed by atoms with Crippen molar-refractivity contribution >= 4 is 47.5 Å². The van der Waals surface area contributed by atoms with Crippen molar-refractivity contribution in [2.75, 3.05) is 34.0 Å². The minimum absolute atomic E-state index is 0.00834. The zero-order valence-corrected chi connectivity index (χ0v) is 51.4. The second-order valence-electron chi connectivity index (χ2n) is 24.4. The average Bonchev–Trinajstić information content (AvgIpc) is 0.670. The first-order valence-corrected chi connectivity index (χ1v) is 29.6. The molecule has 9 rings (SSSR count). The third kappa shape index (κ3) is 12.7. The van der Waals surface area contributed by atoms with Gasteiger partial charge in [-0.2, -0.15) is 0 Å². The van der Waals surface area contributed by atoms with Crippen LogP contribution in [0.2, 0.25) is 0 Å². The molecule has 0 aromatic heterocycles. The molecule has 1 amide bonds. The highest BCUT2D eigenvalue weighted by Gasteiger charge is 2.78. The molecule has 6 aliphatic rings. The van der Waals surface area contributed by atoms with Crippen LogP contribution in [0.1, 0.15) is 93.6 Å². The number of rotatable bonds is 19. The standard InChI is InChI=1S/C64H77NO26/c1-30-37(26-64(79)54(90-56(76)36-23-17-12-18-24-36)52-62(7,39(69)25-40-63(52,29-83-40)91-33(4)68)53(74)48(84-32(3)67)42(30)61(64,5)6)85-58(78)49(43(34-19-13-10-14-20-34)65-55(75)35-21-15-11-16-22-35)87-41(70)28-82-57(77)51-50(45(72)46(73)60(81-9)89-51)88-59-31(2)47(80-8)44(71)38(27-66)86-59/h10-24,31,37-40,43-52,54,59-60,66,69,71-73,79H,25-29H2,1-9H3,(H,65,75)/t31?,37-,38?,39-,40+,43-,44?,45?,46?,47-,48+,49+,50+,51?,52-,54-,59+,60?,62+,63-,64+/m1/s1. The van der Waals surface area contributed by atoms with Crippen LogP contribution in [0.4, 0.5) is 0 Å². The molecule has 3 heterocycles. The summed E-state index contributed by atoms with van der Waals surface area (Å²) >= 11 is 0. The van der Waals surface area contributed by atoms with Crippen molar-refractivity contribution in [1.82, 2.24) is 5.32 Å². The summed E-state index contributed by atoms with van der Waals surface area (Å²) in [6, 6.07) is 21.3. The van der Waals surface area contributed by atoms with Crippen LogP contribution in [0, 0.1) is 22.7 Å². The number of hydrogen-bond acceptors (Lipinski definition) is 26. The maximum absolute atomic E-state index is 15.9. The van der Waals surface area contributed by atoms with Gasteiger partial charge < -0.3 is 92.8 Å². The first-order valence-electron chi connectivity index (χ1n) is 29.6. The van der Waals surface area contributed by atoms with Crippen molar-refractivity contribution < 1.29 is 126 Å². The van der Waals surface area contributed by atoms with Crippen molar-refractivity contribution in [2.24, 2.45) is 22.7 Å². The number of Topliss-reactive ketones (excluding diaryl/α,β-unsaturated/α-hetero) is 1. The van der Waals surface area contributed by atoms with E-state index in [-0.39, 0.29) is 34.3 Å². The zero-order valence-electron chi connectivity index (χ0n) is 51.4. The van der Waals surface area contributed by atoms with Gasteiger partial charge in [-0.1, -0.05) is 87.5 Å². The summed E-state index contributed by atoms with van der Waals surface area (Å²) in [5.74, 6) is -11.6. The lowest BCUT2D eigenvalue weighted by molar-refractivity contribution is -0.346. The summed E-state index contributed by atoms with van der Waals surface area (Å²) in [4.78, 5) is 116. The molecule has 3 aromatic carbocycles. The lowest BCUT2D eigenvalue weighted by Crippen LogP contribution is -2.82. The molecular weight excluding hydrogens is 1200 g/mol. The van der Waals surface area contributed by atoms with Crippen LogP contribution in [0.5, 0.6) is 0 Å². The molecule has 3 aromatic rings. The third-order valence-electron chi connectivity index (χ3n) is 18.8. The van der Waals surface area contributed by atoms with Gasteiger partial charge in [-0.15, -0.1) is 0 Å². The Morgan fingerprint density at radius 2 is 1.38 bits per heavy atom. The monoisotopic (exact) mass is 1280 g/mol. The summed E-state index contributed by atoms with van der Waals surface area (Å²) in [5.41, 5.74) is -8.58. The summed E-state index contributed by atoms with van der Waals surface area (Å²) in [7, 11) is 2.38. The molecular formula is C64H77NO26. The number of ether oxygens (including phenoxy) is 12. The van der Waals surface area contributed by atoms with Crippen molar-refractivity contribution in [2.45, 2.75) is 170 Å². The fraction of sp³-hybridized carbons (Fsp3) is 0.562. The van der Waals surface area contributed by atoms with Gasteiger partial charge >= 0.3 is 35.8 Å². The second kappa shape index (κ2) is 27.2. The van der Waals surface area contributed by atoms with Crippen LogP contribution in [0.15, 0.2) is 102 Å². The Labute approximate surface area is 523 Å². The maximum Gasteiger partial charge on any atom is 0.350 e. The number of aliphatic hydroxyl groups is 6. The number of methoxy groups -OCH3 is 2. The topological polar surface area (TPSA) is 381 Å². The number of carbonyl (C=O) groups is 8. The predicted octanol–water partition coefficient (Wildman–Crippen LogP) is 1.04. The molecule has 3 aliphatic heterocycles. The van der Waals surface area contributed by atoms with E-state index in [4.69, 9.17) is 56.8 Å². The van der Waals surface area contributed by atoms with Crippen LogP contribution >= 0.6 is 0 Å². The third-order valence-corrected chi connectivity index (χ3v) is 18.8. The Kier molecular flexibility index (Phi) is 20.4. The normalized spacial score (nSPS) is 35.6. The molecule has 5 fully saturated rings. The summed E-state index contributed by atoms with van der Waals surface area (Å²) in [6.07, 6.45) is -26.5. The van der Waals surface area contributed by atoms with Gasteiger partial charge in [-0.25, -0.2) is 19.2 Å². The summed E-state index contributed by atoms with van der Waals surface area (Å²) in [5, 5.41) is 72.4. The number of benzene rings is 3. The molecule has 0 radical (unpaired) electrons. The summed E-state index contributed by atoms with van der Waals surface area (Å²) in [6.45, 7) is 6.89. The van der Waals surface area contributed by atoms with E-state index in [0.717, 1.165) is 21.0 Å². The molecule has 7 unspecified atom stereocenters. The number of amides is 1. The number of aliphatic hydroxyl groups excluding tert-OH is 5. The van der Waals surface area contributed by atoms with E-state index < -0.39 is 206 Å². The van der Waals surface area contributed by atoms with E-state index in [1.54, 1.807) is 61.5 Å². The average molecular weight is 1280 g/mol. The number of carbonyl (C=O) groups excluding carboxylic acids is 8. The van der Waals surface area contributed by atoms with Gasteiger partial charge in [0, 0.05) is 57.8 Å². The smallest absolute Gasteiger partial charge is 0.350 e. The van der Waals surface area contributed by atoms with Gasteiger partial charge in [0.1, 0.15) is 60.5 Å². The molecule has 2 bridgehead atoms. The van der Waals surface area contributed by atoms with E-state index in [1.165, 1.54) is 71.2 Å². The minimum atomic E-state index is -2.62. The van der Waals surface area contributed by atoms with Gasteiger partial charge in [-0.3, -0.25) is 19.2 Å². The minimum Gasteiger partial charge on any atom is -0.455 e. The highest BCUT2D eigenvalue weighted by molar-refractivity contribution is 5.96. The molecule has 3 saturated heterocycles. The van der Waals surface area contributed by atoms with E-state index in [2.05, 4.69) is 5.32 Å². The molecule has 27 heteroatoms. The van der Waals surface area contributed by atoms with E-state index in [9.17, 15) is 59.4 Å². The van der Waals surface area contributed by atoms with E-state index in [0.29, 0.717) is 0 Å². The van der Waals surface area contributed by atoms with Crippen LogP contribution in [0.3, 0.4) is 0 Å². The highest BCUT2D eigenvalue weighted by Crippen LogP contribution is 2.64. The molecule has 27 nitrogen and oxygen atoms in total. The van der Waals surface area contributed by atoms with Gasteiger partial charge in [0.05, 0.1) is 42.3 Å². The fourth-order valence-electron chi connectivity index (χ4n) is 13.9. The lowest BCUT2D eigenvalue weighted by Gasteiger charge is -2.67. The van der Waals surface area contributed by atoms with Crippen molar-refractivity contribution in [3.8, 4) is 0 Å². The largest absolute Gasteiger partial charge is 0.455 e. The van der Waals surface area contributed by atoms with E-state index >= 15 is 9.59 Å². The lowest BCUT2D eigenvalue weighted by atomic mass is 9.44. The first-order chi connectivity index (χ1) is 43.1. The van der Waals surface area contributed by atoms with Crippen molar-refractivity contribution in [1.29, 1.82) is 0 Å². The molecule has 91 heavy (non-hydrogen) atoms. The van der Waals surface area contributed by atoms with E-state index in [1.807, 2.05) is 0 Å². The van der Waals surface area contributed by atoms with Crippen molar-refractivity contribution in [3.63, 3.8) is 0 Å². The predicted molar refractivity (Wildman–Crippen MR) is 307 cm³/mol. The second-order valence-corrected chi connectivity index (χ2v) is 24.4. The highest BCUT2D eigenvalue weighted by atomic mass is 16.7. The molecule has 7 N–H and O–H groups in total. The number of fused-ring (bicyclic) bond motifs is 5. The number of esters is 6.